The molecular formula is C7H6Cl3N. The standard InChI is InChI=1S/C7H6Cl3N/c1-5(7(8,9)10)6-3-2-4-11-6/h2-4,11H,1H2. The molecule has 0 saturated carbocycles. The maximum absolute atomic E-state index is 5.59. The number of halogens is 3. The SMILES string of the molecule is C=C(c1ccc[nH]1)C(Cl)(Cl)Cl. The Morgan fingerprint density at radius 1 is 1.45 bits per heavy atom. The van der Waals surface area contributed by atoms with Crippen LogP contribution in [0.3, 0.4) is 0 Å². The van der Waals surface area contributed by atoms with Gasteiger partial charge in [0.1, 0.15) is 0 Å². The highest BCUT2D eigenvalue weighted by Crippen LogP contribution is 2.38. The zero-order valence-corrected chi connectivity index (χ0v) is 7.84. The molecule has 11 heavy (non-hydrogen) atoms. The van der Waals surface area contributed by atoms with Gasteiger partial charge in [0, 0.05) is 17.5 Å². The number of rotatable bonds is 1. The van der Waals surface area contributed by atoms with Crippen LogP contribution in [0.5, 0.6) is 0 Å². The summed E-state index contributed by atoms with van der Waals surface area (Å²) in [7, 11) is 0. The average Bonchev–Trinajstić information content (AvgIpc) is 2.34. The predicted octanol–water partition coefficient (Wildman–Crippen LogP) is 3.40. The monoisotopic (exact) mass is 209 g/mol. The minimum Gasteiger partial charge on any atom is -0.361 e. The summed E-state index contributed by atoms with van der Waals surface area (Å²) in [6.45, 7) is 3.64. The first-order valence-corrected chi connectivity index (χ1v) is 4.05. The van der Waals surface area contributed by atoms with E-state index in [1.54, 1.807) is 12.3 Å². The lowest BCUT2D eigenvalue weighted by atomic mass is 10.2. The Kier molecular flexibility index (Phi) is 2.53. The molecule has 1 rings (SSSR count). The second kappa shape index (κ2) is 3.10. The van der Waals surface area contributed by atoms with Crippen molar-refractivity contribution >= 4 is 40.4 Å². The summed E-state index contributed by atoms with van der Waals surface area (Å²) in [4.78, 5) is 2.89. The zero-order valence-electron chi connectivity index (χ0n) is 5.57. The van der Waals surface area contributed by atoms with Crippen molar-refractivity contribution in [3.63, 3.8) is 0 Å². The van der Waals surface area contributed by atoms with Gasteiger partial charge < -0.3 is 4.98 Å². The first-order valence-electron chi connectivity index (χ1n) is 2.91. The summed E-state index contributed by atoms with van der Waals surface area (Å²) < 4.78 is -1.43. The molecule has 60 valence electrons. The van der Waals surface area contributed by atoms with Gasteiger partial charge in [0.2, 0.25) is 3.79 Å². The minimum atomic E-state index is -1.43. The molecule has 0 amide bonds. The van der Waals surface area contributed by atoms with Crippen molar-refractivity contribution in [3.05, 3.63) is 30.6 Å². The number of alkyl halides is 3. The van der Waals surface area contributed by atoms with Crippen molar-refractivity contribution in [2.75, 3.05) is 0 Å². The molecule has 0 aliphatic rings. The summed E-state index contributed by atoms with van der Waals surface area (Å²) >= 11 is 16.8. The number of nitrogens with one attached hydrogen (secondary N) is 1. The van der Waals surface area contributed by atoms with Gasteiger partial charge in [-0.05, 0) is 12.1 Å². The molecule has 0 bridgehead atoms. The molecule has 1 aromatic heterocycles. The minimum absolute atomic E-state index is 0.451. The van der Waals surface area contributed by atoms with E-state index in [1.807, 2.05) is 6.07 Å². The summed E-state index contributed by atoms with van der Waals surface area (Å²) in [5.74, 6) is 0. The topological polar surface area (TPSA) is 15.8 Å². The van der Waals surface area contributed by atoms with Crippen LogP contribution in [-0.4, -0.2) is 8.78 Å². The Hall–Kier alpha value is -0.110. The van der Waals surface area contributed by atoms with Crippen LogP contribution in [0.25, 0.3) is 5.57 Å². The number of aromatic nitrogens is 1. The third kappa shape index (κ3) is 2.16. The number of hydrogen-bond acceptors (Lipinski definition) is 0. The van der Waals surface area contributed by atoms with Gasteiger partial charge in [0.25, 0.3) is 0 Å². The van der Waals surface area contributed by atoms with E-state index >= 15 is 0 Å². The van der Waals surface area contributed by atoms with Crippen LogP contribution in [0.15, 0.2) is 24.9 Å². The first-order chi connectivity index (χ1) is 5.02. The number of aromatic amines is 1. The highest BCUT2D eigenvalue weighted by molar-refractivity contribution is 6.72. The highest BCUT2D eigenvalue weighted by atomic mass is 35.6. The molecule has 0 atom stereocenters. The zero-order chi connectivity index (χ0) is 8.48. The van der Waals surface area contributed by atoms with Crippen LogP contribution in [0.2, 0.25) is 0 Å². The first kappa shape index (κ1) is 8.98. The van der Waals surface area contributed by atoms with E-state index in [0.29, 0.717) is 5.57 Å². The molecule has 0 aliphatic carbocycles. The third-order valence-electron chi connectivity index (χ3n) is 1.27. The maximum Gasteiger partial charge on any atom is 0.217 e. The normalized spacial score (nSPS) is 11.5. The summed E-state index contributed by atoms with van der Waals surface area (Å²) in [5, 5.41) is 0. The van der Waals surface area contributed by atoms with Crippen molar-refractivity contribution in [2.45, 2.75) is 3.79 Å². The van der Waals surface area contributed by atoms with Gasteiger partial charge in [0.05, 0.1) is 0 Å². The molecule has 0 radical (unpaired) electrons. The number of hydrogen-bond donors (Lipinski definition) is 1. The largest absolute Gasteiger partial charge is 0.361 e. The predicted molar refractivity (Wildman–Crippen MR) is 50.1 cm³/mol. The lowest BCUT2D eigenvalue weighted by molar-refractivity contribution is 1.31. The van der Waals surface area contributed by atoms with E-state index in [4.69, 9.17) is 34.8 Å². The number of H-pyrrole nitrogens is 1. The van der Waals surface area contributed by atoms with Gasteiger partial charge in [-0.1, -0.05) is 41.4 Å². The van der Waals surface area contributed by atoms with Gasteiger partial charge in [0.15, 0.2) is 0 Å². The van der Waals surface area contributed by atoms with Crippen molar-refractivity contribution < 1.29 is 0 Å². The van der Waals surface area contributed by atoms with Crippen molar-refractivity contribution in [3.8, 4) is 0 Å². The molecule has 1 N–H and O–H groups in total. The van der Waals surface area contributed by atoms with Crippen molar-refractivity contribution in [2.24, 2.45) is 0 Å². The van der Waals surface area contributed by atoms with Crippen LogP contribution in [0, 0.1) is 0 Å². The fourth-order valence-electron chi connectivity index (χ4n) is 0.671. The van der Waals surface area contributed by atoms with Gasteiger partial charge in [-0.2, -0.15) is 0 Å². The second-order valence-electron chi connectivity index (χ2n) is 2.06. The smallest absolute Gasteiger partial charge is 0.217 e. The molecule has 1 heterocycles. The molecule has 0 fully saturated rings. The quantitative estimate of drug-likeness (QED) is 0.684. The third-order valence-corrected chi connectivity index (χ3v) is 1.95. The Labute approximate surface area is 80.0 Å². The molecule has 0 spiro atoms. The van der Waals surface area contributed by atoms with Crippen molar-refractivity contribution in [1.82, 2.24) is 4.98 Å². The molecule has 4 heteroatoms. The van der Waals surface area contributed by atoms with Gasteiger partial charge in [-0.25, -0.2) is 0 Å². The van der Waals surface area contributed by atoms with Crippen molar-refractivity contribution in [1.29, 1.82) is 0 Å². The summed E-state index contributed by atoms with van der Waals surface area (Å²) in [5.41, 5.74) is 1.19. The fraction of sp³-hybridized carbons (Fsp3) is 0.143. The highest BCUT2D eigenvalue weighted by Gasteiger charge is 2.25. The van der Waals surface area contributed by atoms with E-state index < -0.39 is 3.79 Å². The maximum atomic E-state index is 5.59. The van der Waals surface area contributed by atoms with E-state index in [2.05, 4.69) is 11.6 Å². The lowest BCUT2D eigenvalue weighted by Crippen LogP contribution is -2.04. The molecule has 1 nitrogen and oxygen atoms in total. The van der Waals surface area contributed by atoms with Gasteiger partial charge in [-0.3, -0.25) is 0 Å². The Balaban J connectivity index is 2.88. The van der Waals surface area contributed by atoms with Gasteiger partial charge >= 0.3 is 0 Å². The second-order valence-corrected chi connectivity index (χ2v) is 4.34. The fourth-order valence-corrected chi connectivity index (χ4v) is 0.976. The molecule has 1 aromatic rings. The lowest BCUT2D eigenvalue weighted by Gasteiger charge is -2.12. The molecule has 0 aliphatic heterocycles. The summed E-state index contributed by atoms with van der Waals surface area (Å²) in [6, 6.07) is 3.61. The van der Waals surface area contributed by atoms with E-state index in [0.717, 1.165) is 5.69 Å². The number of allylic oxidation sites excluding steroid dienone is 1. The van der Waals surface area contributed by atoms with Crippen LogP contribution >= 0.6 is 34.8 Å². The van der Waals surface area contributed by atoms with E-state index in [-0.39, 0.29) is 0 Å². The average molecular weight is 210 g/mol. The van der Waals surface area contributed by atoms with Gasteiger partial charge in [-0.15, -0.1) is 0 Å². The Morgan fingerprint density at radius 2 is 2.09 bits per heavy atom. The van der Waals surface area contributed by atoms with E-state index in [9.17, 15) is 0 Å². The van der Waals surface area contributed by atoms with Crippen LogP contribution in [-0.2, 0) is 0 Å². The molecule has 0 aromatic carbocycles. The van der Waals surface area contributed by atoms with Crippen LogP contribution in [0.4, 0.5) is 0 Å². The summed E-state index contributed by atoms with van der Waals surface area (Å²) in [6.07, 6.45) is 1.75. The Bertz CT molecular complexity index is 245. The molecular weight excluding hydrogens is 204 g/mol. The molecule has 0 saturated heterocycles. The van der Waals surface area contributed by atoms with Crippen LogP contribution < -0.4 is 0 Å². The van der Waals surface area contributed by atoms with Crippen LogP contribution in [0.1, 0.15) is 5.69 Å². The Morgan fingerprint density at radius 3 is 2.45 bits per heavy atom. The molecule has 0 unspecified atom stereocenters. The van der Waals surface area contributed by atoms with E-state index in [1.165, 1.54) is 0 Å².